The van der Waals surface area contributed by atoms with E-state index in [1.165, 1.54) is 0 Å². The summed E-state index contributed by atoms with van der Waals surface area (Å²) in [7, 11) is 0. The van der Waals surface area contributed by atoms with Crippen molar-refractivity contribution in [1.29, 1.82) is 0 Å². The molecule has 100 valence electrons. The van der Waals surface area contributed by atoms with Gasteiger partial charge < -0.3 is 0 Å². The normalized spacial score (nSPS) is 11.0. The fourth-order valence-corrected chi connectivity index (χ4v) is 2.49. The molecule has 3 aromatic rings. The highest BCUT2D eigenvalue weighted by molar-refractivity contribution is 6.36. The third kappa shape index (κ3) is 1.95. The minimum Gasteiger partial charge on any atom is -0.244 e. The van der Waals surface area contributed by atoms with Crippen molar-refractivity contribution in [2.75, 3.05) is 0 Å². The summed E-state index contributed by atoms with van der Waals surface area (Å²) in [6.45, 7) is 1.75. The van der Waals surface area contributed by atoms with E-state index in [0.717, 1.165) is 17.7 Å². The Bertz CT molecular complexity index is 801. The third-order valence-corrected chi connectivity index (χ3v) is 3.73. The molecule has 0 saturated carbocycles. The zero-order chi connectivity index (χ0) is 14.3. The quantitative estimate of drug-likeness (QED) is 0.604. The molecule has 2 aromatic carbocycles. The number of hydrogen-bond donors (Lipinski definition) is 0. The second-order valence-electron chi connectivity index (χ2n) is 4.52. The number of benzene rings is 2. The standard InChI is InChI=1S/C16H10ClF2N/c1-9-14(17)13-11(18)7-8-12(19)16(13)20-15(9)10-5-3-2-4-6-10/h2-8H,1H3. The molecule has 0 unspecified atom stereocenters. The topological polar surface area (TPSA) is 12.9 Å². The molecule has 0 bridgehead atoms. The smallest absolute Gasteiger partial charge is 0.149 e. The van der Waals surface area contributed by atoms with Crippen molar-refractivity contribution in [2.45, 2.75) is 6.92 Å². The molecule has 1 aromatic heterocycles. The minimum atomic E-state index is -0.583. The van der Waals surface area contributed by atoms with Gasteiger partial charge in [0.1, 0.15) is 17.2 Å². The van der Waals surface area contributed by atoms with Crippen LogP contribution in [0.25, 0.3) is 22.2 Å². The summed E-state index contributed by atoms with van der Waals surface area (Å²) in [4.78, 5) is 4.27. The van der Waals surface area contributed by atoms with E-state index >= 15 is 0 Å². The van der Waals surface area contributed by atoms with Crippen LogP contribution in [0, 0.1) is 18.6 Å². The van der Waals surface area contributed by atoms with Gasteiger partial charge in [0.15, 0.2) is 0 Å². The van der Waals surface area contributed by atoms with Crippen LogP contribution in [0.3, 0.4) is 0 Å². The monoisotopic (exact) mass is 289 g/mol. The van der Waals surface area contributed by atoms with E-state index < -0.39 is 11.6 Å². The Hall–Kier alpha value is -2.00. The SMILES string of the molecule is Cc1c(-c2ccccc2)nc2c(F)ccc(F)c2c1Cl. The Morgan fingerprint density at radius 3 is 2.30 bits per heavy atom. The Labute approximate surface area is 119 Å². The number of hydrogen-bond acceptors (Lipinski definition) is 1. The van der Waals surface area contributed by atoms with E-state index in [1.807, 2.05) is 30.3 Å². The Balaban J connectivity index is 2.42. The van der Waals surface area contributed by atoms with Crippen molar-refractivity contribution in [3.05, 3.63) is 64.7 Å². The van der Waals surface area contributed by atoms with E-state index in [1.54, 1.807) is 6.92 Å². The lowest BCUT2D eigenvalue weighted by atomic mass is 10.0. The molecule has 0 aliphatic carbocycles. The van der Waals surface area contributed by atoms with Gasteiger partial charge in [0, 0.05) is 5.56 Å². The van der Waals surface area contributed by atoms with Crippen molar-refractivity contribution >= 4 is 22.5 Å². The van der Waals surface area contributed by atoms with Crippen molar-refractivity contribution in [3.8, 4) is 11.3 Å². The molecule has 3 rings (SSSR count). The van der Waals surface area contributed by atoms with Crippen molar-refractivity contribution in [1.82, 2.24) is 4.98 Å². The number of aromatic nitrogens is 1. The minimum absolute atomic E-state index is 0.0313. The maximum Gasteiger partial charge on any atom is 0.149 e. The molecule has 0 amide bonds. The first kappa shape index (κ1) is 13.0. The van der Waals surface area contributed by atoms with Crippen molar-refractivity contribution in [3.63, 3.8) is 0 Å². The lowest BCUT2D eigenvalue weighted by molar-refractivity contribution is 0.615. The van der Waals surface area contributed by atoms with Crippen LogP contribution < -0.4 is 0 Å². The van der Waals surface area contributed by atoms with Crippen molar-refractivity contribution < 1.29 is 8.78 Å². The zero-order valence-corrected chi connectivity index (χ0v) is 11.4. The summed E-state index contributed by atoms with van der Waals surface area (Å²) in [5.41, 5.74) is 1.97. The van der Waals surface area contributed by atoms with Gasteiger partial charge in [0.25, 0.3) is 0 Å². The Morgan fingerprint density at radius 1 is 0.950 bits per heavy atom. The van der Waals surface area contributed by atoms with Gasteiger partial charge in [-0.05, 0) is 24.6 Å². The molecule has 4 heteroatoms. The molecule has 20 heavy (non-hydrogen) atoms. The summed E-state index contributed by atoms with van der Waals surface area (Å²) in [6.07, 6.45) is 0. The number of fused-ring (bicyclic) bond motifs is 1. The largest absolute Gasteiger partial charge is 0.244 e. The number of halogens is 3. The molecule has 0 aliphatic rings. The van der Waals surface area contributed by atoms with Gasteiger partial charge in [-0.3, -0.25) is 0 Å². The molecule has 0 aliphatic heterocycles. The van der Waals surface area contributed by atoms with Crippen LogP contribution in [0.1, 0.15) is 5.56 Å². The van der Waals surface area contributed by atoms with Crippen LogP contribution >= 0.6 is 11.6 Å². The molecule has 0 spiro atoms. The summed E-state index contributed by atoms with van der Waals surface area (Å²) in [5, 5.41) is 0.231. The third-order valence-electron chi connectivity index (χ3n) is 3.25. The fraction of sp³-hybridized carbons (Fsp3) is 0.0625. The molecule has 0 radical (unpaired) electrons. The Morgan fingerprint density at radius 2 is 1.60 bits per heavy atom. The average molecular weight is 290 g/mol. The van der Waals surface area contributed by atoms with Crippen LogP contribution in [-0.2, 0) is 0 Å². The van der Waals surface area contributed by atoms with Gasteiger partial charge in [-0.15, -0.1) is 0 Å². The average Bonchev–Trinajstić information content (AvgIpc) is 2.47. The molecular formula is C16H10ClF2N. The maximum atomic E-state index is 13.9. The molecule has 0 atom stereocenters. The number of nitrogens with zero attached hydrogens (tertiary/aromatic N) is 1. The van der Waals surface area contributed by atoms with Gasteiger partial charge in [0.05, 0.1) is 16.1 Å². The van der Waals surface area contributed by atoms with Gasteiger partial charge >= 0.3 is 0 Å². The summed E-state index contributed by atoms with van der Waals surface area (Å²) >= 11 is 6.21. The first-order chi connectivity index (χ1) is 9.59. The van der Waals surface area contributed by atoms with E-state index in [-0.39, 0.29) is 15.9 Å². The van der Waals surface area contributed by atoms with Crippen LogP contribution in [0.4, 0.5) is 8.78 Å². The van der Waals surface area contributed by atoms with Gasteiger partial charge in [-0.2, -0.15) is 0 Å². The van der Waals surface area contributed by atoms with E-state index in [4.69, 9.17) is 11.6 Å². The second kappa shape index (κ2) is 4.84. The summed E-state index contributed by atoms with van der Waals surface area (Å²) in [5.74, 6) is -1.15. The van der Waals surface area contributed by atoms with E-state index in [0.29, 0.717) is 11.3 Å². The predicted molar refractivity (Wildman–Crippen MR) is 76.8 cm³/mol. The molecule has 1 heterocycles. The summed E-state index contributed by atoms with van der Waals surface area (Å²) in [6, 6.07) is 11.4. The number of rotatable bonds is 1. The molecule has 0 fully saturated rings. The molecular weight excluding hydrogens is 280 g/mol. The van der Waals surface area contributed by atoms with Crippen LogP contribution in [0.2, 0.25) is 5.02 Å². The van der Waals surface area contributed by atoms with Crippen molar-refractivity contribution in [2.24, 2.45) is 0 Å². The van der Waals surface area contributed by atoms with Gasteiger partial charge in [0.2, 0.25) is 0 Å². The second-order valence-corrected chi connectivity index (χ2v) is 4.90. The highest BCUT2D eigenvalue weighted by Crippen LogP contribution is 2.35. The lowest BCUT2D eigenvalue weighted by Gasteiger charge is -2.11. The fourth-order valence-electron chi connectivity index (χ4n) is 2.22. The predicted octanol–water partition coefficient (Wildman–Crippen LogP) is 5.14. The highest BCUT2D eigenvalue weighted by Gasteiger charge is 2.17. The molecule has 0 saturated heterocycles. The van der Waals surface area contributed by atoms with E-state index in [9.17, 15) is 8.78 Å². The molecule has 1 nitrogen and oxygen atoms in total. The number of pyridine rings is 1. The van der Waals surface area contributed by atoms with Crippen LogP contribution in [0.5, 0.6) is 0 Å². The summed E-state index contributed by atoms with van der Waals surface area (Å²) < 4.78 is 27.7. The van der Waals surface area contributed by atoms with Gasteiger partial charge in [-0.25, -0.2) is 13.8 Å². The van der Waals surface area contributed by atoms with Crippen LogP contribution in [-0.4, -0.2) is 4.98 Å². The highest BCUT2D eigenvalue weighted by atomic mass is 35.5. The van der Waals surface area contributed by atoms with E-state index in [2.05, 4.69) is 4.98 Å². The first-order valence-electron chi connectivity index (χ1n) is 6.09. The van der Waals surface area contributed by atoms with Gasteiger partial charge in [-0.1, -0.05) is 41.9 Å². The lowest BCUT2D eigenvalue weighted by Crippen LogP contribution is -1.96. The molecule has 0 N–H and O–H groups in total. The zero-order valence-electron chi connectivity index (χ0n) is 10.6. The Kier molecular flexibility index (Phi) is 3.14. The maximum absolute atomic E-state index is 13.9. The van der Waals surface area contributed by atoms with Crippen LogP contribution in [0.15, 0.2) is 42.5 Å². The first-order valence-corrected chi connectivity index (χ1v) is 6.46.